The van der Waals surface area contributed by atoms with Crippen molar-refractivity contribution in [3.63, 3.8) is 0 Å². The highest BCUT2D eigenvalue weighted by molar-refractivity contribution is 9.11. The maximum atomic E-state index is 11.1. The zero-order valence-electron chi connectivity index (χ0n) is 11.1. The Balaban J connectivity index is 0.00000154. The number of Topliss-reactive ketones (excluding diaryl/α,β-unsaturated/α-hetero) is 1. The van der Waals surface area contributed by atoms with Crippen molar-refractivity contribution >= 4 is 27.9 Å². The molecule has 0 aromatic heterocycles. The number of allylic oxidation sites excluding steroid dienone is 1. The molecule has 0 saturated carbocycles. The van der Waals surface area contributed by atoms with E-state index in [2.05, 4.69) is 33.8 Å². The molecule has 0 unspecified atom stereocenters. The van der Waals surface area contributed by atoms with Crippen LogP contribution in [-0.2, 0) is 6.42 Å². The first kappa shape index (κ1) is 17.1. The maximum Gasteiger partial charge on any atom is 0.159 e. The zero-order valence-corrected chi connectivity index (χ0v) is 12.6. The highest BCUT2D eigenvalue weighted by Gasteiger charge is 1.98. The number of rotatable bonds is 4. The molecule has 3 nitrogen and oxygen atoms in total. The van der Waals surface area contributed by atoms with E-state index < -0.39 is 0 Å². The third-order valence-corrected chi connectivity index (χ3v) is 2.68. The van der Waals surface area contributed by atoms with Crippen molar-refractivity contribution in [3.05, 3.63) is 45.7 Å². The number of hydrogen-bond donors (Lipinski definition) is 1. The summed E-state index contributed by atoms with van der Waals surface area (Å²) in [5.41, 5.74) is 7.45. The Morgan fingerprint density at radius 3 is 2.26 bits per heavy atom. The van der Waals surface area contributed by atoms with Gasteiger partial charge in [-0.15, -0.1) is 12.8 Å². The number of ketones is 1. The molecule has 0 atom stereocenters. The topological polar surface area (TPSA) is 55.5 Å². The second-order valence-electron chi connectivity index (χ2n) is 3.69. The Hall–Kier alpha value is -1.86. The first-order valence-corrected chi connectivity index (χ1v) is 6.37. The van der Waals surface area contributed by atoms with Crippen LogP contribution >= 0.6 is 15.9 Å². The largest absolute Gasteiger partial charge is 0.383 e. The molecule has 19 heavy (non-hydrogen) atoms. The summed E-state index contributed by atoms with van der Waals surface area (Å²) < 4.78 is 0.820. The number of nitrogens with two attached hydrogens (primary N) is 1. The summed E-state index contributed by atoms with van der Waals surface area (Å²) in [6, 6.07) is 7.48. The number of hydrogen-bond acceptors (Lipinski definition) is 3. The smallest absolute Gasteiger partial charge is 0.159 e. The Morgan fingerprint density at radius 2 is 1.84 bits per heavy atom. The van der Waals surface area contributed by atoms with E-state index in [1.54, 1.807) is 13.1 Å². The molecule has 0 aliphatic rings. The van der Waals surface area contributed by atoms with Crippen molar-refractivity contribution in [2.24, 2.45) is 10.7 Å². The Morgan fingerprint density at radius 1 is 1.32 bits per heavy atom. The fraction of sp³-hybridized carbons (Fsp3) is 0.200. The van der Waals surface area contributed by atoms with Gasteiger partial charge in [0.25, 0.3) is 0 Å². The summed E-state index contributed by atoms with van der Waals surface area (Å²) in [7, 11) is 0. The van der Waals surface area contributed by atoms with Gasteiger partial charge in [0.15, 0.2) is 5.78 Å². The van der Waals surface area contributed by atoms with E-state index in [0.29, 0.717) is 12.2 Å². The van der Waals surface area contributed by atoms with Crippen molar-refractivity contribution in [2.75, 3.05) is 0 Å². The molecule has 0 saturated heterocycles. The molecule has 0 aliphatic carbocycles. The van der Waals surface area contributed by atoms with E-state index in [4.69, 9.17) is 5.73 Å². The van der Waals surface area contributed by atoms with Crippen LogP contribution in [0.1, 0.15) is 29.8 Å². The van der Waals surface area contributed by atoms with E-state index in [9.17, 15) is 4.79 Å². The summed E-state index contributed by atoms with van der Waals surface area (Å²) in [6.07, 6.45) is 10.4. The van der Waals surface area contributed by atoms with E-state index in [1.165, 1.54) is 0 Å². The van der Waals surface area contributed by atoms with E-state index in [0.717, 1.165) is 15.6 Å². The monoisotopic (exact) mass is 320 g/mol. The third kappa shape index (κ3) is 6.58. The minimum absolute atomic E-state index is 0.0762. The predicted octanol–water partition coefficient (Wildman–Crippen LogP) is 3.29. The lowest BCUT2D eigenvalue weighted by Gasteiger charge is -1.99. The lowest BCUT2D eigenvalue weighted by molar-refractivity contribution is 0.101. The number of aliphatic imine (C=N–C) groups is 1. The lowest BCUT2D eigenvalue weighted by Crippen LogP contribution is -1.97. The Bertz CT molecular complexity index is 495. The van der Waals surface area contributed by atoms with Gasteiger partial charge in [-0.3, -0.25) is 4.79 Å². The maximum absolute atomic E-state index is 11.1. The molecule has 0 fully saturated rings. The summed E-state index contributed by atoms with van der Waals surface area (Å²) in [5, 5.41) is 0. The van der Waals surface area contributed by atoms with Crippen LogP contribution in [0.15, 0.2) is 39.6 Å². The van der Waals surface area contributed by atoms with Gasteiger partial charge in [0.05, 0.1) is 0 Å². The van der Waals surface area contributed by atoms with Gasteiger partial charge in [0.1, 0.15) is 5.82 Å². The molecule has 0 amide bonds. The summed E-state index contributed by atoms with van der Waals surface area (Å²) >= 11 is 3.26. The van der Waals surface area contributed by atoms with Crippen LogP contribution in [0.4, 0.5) is 0 Å². The van der Waals surface area contributed by atoms with Crippen LogP contribution in [0, 0.1) is 12.8 Å². The molecule has 0 radical (unpaired) electrons. The number of carbonyl (C=O) groups excluding carboxylic acids is 1. The lowest BCUT2D eigenvalue weighted by atomic mass is 10.1. The van der Waals surface area contributed by atoms with Crippen molar-refractivity contribution in [1.29, 1.82) is 0 Å². The van der Waals surface area contributed by atoms with Gasteiger partial charge in [-0.05, 0) is 19.4 Å². The molecule has 1 aromatic carbocycles. The van der Waals surface area contributed by atoms with E-state index in [-0.39, 0.29) is 5.78 Å². The quantitative estimate of drug-likeness (QED) is 0.525. The number of terminal acetylenes is 1. The van der Waals surface area contributed by atoms with Gasteiger partial charge in [-0.2, -0.15) is 0 Å². The fourth-order valence-corrected chi connectivity index (χ4v) is 1.32. The number of nitrogens with zero attached hydrogens (tertiary/aromatic N) is 1. The van der Waals surface area contributed by atoms with Crippen LogP contribution in [0.25, 0.3) is 0 Å². The molecule has 0 aliphatic heterocycles. The molecule has 0 heterocycles. The van der Waals surface area contributed by atoms with Gasteiger partial charge in [0.2, 0.25) is 0 Å². The molecular weight excluding hydrogens is 304 g/mol. The van der Waals surface area contributed by atoms with Crippen molar-refractivity contribution in [1.82, 2.24) is 0 Å². The predicted molar refractivity (Wildman–Crippen MR) is 84.3 cm³/mol. The van der Waals surface area contributed by atoms with Gasteiger partial charge in [0, 0.05) is 22.7 Å². The average molecular weight is 321 g/mol. The zero-order chi connectivity index (χ0) is 14.8. The molecule has 0 spiro atoms. The summed E-state index contributed by atoms with van der Waals surface area (Å²) in [6.45, 7) is 3.40. The minimum atomic E-state index is 0.0762. The molecule has 100 valence electrons. The molecule has 1 rings (SSSR count). The summed E-state index contributed by atoms with van der Waals surface area (Å²) in [5.74, 6) is 0.553. The van der Waals surface area contributed by atoms with Crippen LogP contribution in [0.5, 0.6) is 0 Å². The van der Waals surface area contributed by atoms with Crippen molar-refractivity contribution in [3.8, 4) is 12.8 Å². The van der Waals surface area contributed by atoms with Gasteiger partial charge >= 0.3 is 0 Å². The highest BCUT2D eigenvalue weighted by Crippen LogP contribution is 2.08. The van der Waals surface area contributed by atoms with Crippen LogP contribution in [0.3, 0.4) is 0 Å². The Labute approximate surface area is 122 Å². The highest BCUT2D eigenvalue weighted by atomic mass is 79.9. The fourth-order valence-electron chi connectivity index (χ4n) is 1.21. The first-order chi connectivity index (χ1) is 9.00. The van der Waals surface area contributed by atoms with Crippen molar-refractivity contribution in [2.45, 2.75) is 20.3 Å². The minimum Gasteiger partial charge on any atom is -0.383 e. The average Bonchev–Trinajstić information content (AvgIpc) is 2.41. The molecule has 0 bridgehead atoms. The number of benzene rings is 1. The second kappa shape index (κ2) is 9.12. The third-order valence-electron chi connectivity index (χ3n) is 2.27. The molecular formula is C15H17BrN2O. The second-order valence-corrected chi connectivity index (χ2v) is 4.88. The van der Waals surface area contributed by atoms with Gasteiger partial charge in [-0.1, -0.05) is 40.2 Å². The van der Waals surface area contributed by atoms with E-state index in [1.807, 2.05) is 31.2 Å². The number of halogens is 1. The normalized spacial score (nSPS) is 11.4. The number of carbonyl (C=O) groups is 1. The molecule has 2 N–H and O–H groups in total. The van der Waals surface area contributed by atoms with Crippen LogP contribution in [-0.4, -0.2) is 12.0 Å². The van der Waals surface area contributed by atoms with Crippen LogP contribution < -0.4 is 5.73 Å². The first-order valence-electron chi connectivity index (χ1n) is 5.58. The van der Waals surface area contributed by atoms with Gasteiger partial charge in [-0.25, -0.2) is 4.99 Å². The standard InChI is InChI=1S/C13H15BrN2O.C2H2/c1-9(14)13(15)16-8-7-11-3-5-12(6-4-11)10(2)17;1-2/h3-6,8H,7,15H2,1-2H3;1-2H/b13-9+,16-8-;. The van der Waals surface area contributed by atoms with E-state index >= 15 is 0 Å². The SMILES string of the molecule is C#C.CC(=O)c1ccc(C/C=N\C(N)=C(/C)Br)cc1. The molecule has 4 heteroatoms. The Kier molecular flexibility index (Phi) is 8.23. The van der Waals surface area contributed by atoms with Crippen molar-refractivity contribution < 1.29 is 4.79 Å². The molecule has 1 aromatic rings. The van der Waals surface area contributed by atoms with Gasteiger partial charge < -0.3 is 5.73 Å². The van der Waals surface area contributed by atoms with Crippen LogP contribution in [0.2, 0.25) is 0 Å². The summed E-state index contributed by atoms with van der Waals surface area (Å²) in [4.78, 5) is 15.2.